The van der Waals surface area contributed by atoms with Gasteiger partial charge >= 0.3 is 12.0 Å². The predicted octanol–water partition coefficient (Wildman–Crippen LogP) is 3.87. The number of ether oxygens (including phenoxy) is 1. The second-order valence-electron chi connectivity index (χ2n) is 4.78. The first-order valence-corrected chi connectivity index (χ1v) is 7.69. The Bertz CT molecular complexity index is 909. The largest absolute Gasteiger partial charge is 0.465 e. The van der Waals surface area contributed by atoms with Gasteiger partial charge in [-0.3, -0.25) is 5.32 Å². The zero-order valence-corrected chi connectivity index (χ0v) is 13.3. The number of esters is 1. The van der Waals surface area contributed by atoms with Gasteiger partial charge in [-0.25, -0.2) is 19.0 Å². The molecule has 122 valence electrons. The number of nitrogens with one attached hydrogen (secondary N) is 2. The highest BCUT2D eigenvalue weighted by Gasteiger charge is 2.09. The van der Waals surface area contributed by atoms with E-state index in [2.05, 4.69) is 20.4 Å². The summed E-state index contributed by atoms with van der Waals surface area (Å²) in [5.74, 6) is -0.805. The number of methoxy groups -OCH3 is 1. The fourth-order valence-electron chi connectivity index (χ4n) is 2.02. The quantitative estimate of drug-likeness (QED) is 0.706. The summed E-state index contributed by atoms with van der Waals surface area (Å²) in [6.45, 7) is 0. The standard InChI is InChI=1S/C16H12FN3O3S/c1-23-14(21)9-2-5-11(6-3-9)18-15(22)20-16-19-12-7-4-10(17)8-13(12)24-16/h2-8H,1H3,(H2,18,19,20,22). The summed E-state index contributed by atoms with van der Waals surface area (Å²) >= 11 is 1.18. The van der Waals surface area contributed by atoms with E-state index in [9.17, 15) is 14.0 Å². The van der Waals surface area contributed by atoms with Crippen molar-refractivity contribution in [3.63, 3.8) is 0 Å². The van der Waals surface area contributed by atoms with Crippen LogP contribution in [-0.2, 0) is 4.74 Å². The fourth-order valence-corrected chi connectivity index (χ4v) is 2.90. The summed E-state index contributed by atoms with van der Waals surface area (Å²) in [5, 5.41) is 5.57. The van der Waals surface area contributed by atoms with Crippen molar-refractivity contribution < 1.29 is 18.7 Å². The number of carbonyl (C=O) groups excluding carboxylic acids is 2. The van der Waals surface area contributed by atoms with E-state index < -0.39 is 12.0 Å². The first kappa shape index (κ1) is 15.9. The Morgan fingerprint density at radius 1 is 1.12 bits per heavy atom. The van der Waals surface area contributed by atoms with Crippen molar-refractivity contribution in [3.8, 4) is 0 Å². The molecule has 0 fully saturated rings. The Balaban J connectivity index is 1.67. The smallest absolute Gasteiger partial charge is 0.337 e. The molecule has 2 aromatic carbocycles. The predicted molar refractivity (Wildman–Crippen MR) is 90.0 cm³/mol. The number of carbonyl (C=O) groups is 2. The number of aromatic nitrogens is 1. The zero-order chi connectivity index (χ0) is 17.1. The molecule has 0 unspecified atom stereocenters. The van der Waals surface area contributed by atoms with E-state index in [0.29, 0.717) is 26.6 Å². The normalized spacial score (nSPS) is 10.4. The summed E-state index contributed by atoms with van der Waals surface area (Å²) < 4.78 is 18.4. The van der Waals surface area contributed by atoms with Gasteiger partial charge in [0.25, 0.3) is 0 Å². The minimum atomic E-state index is -0.486. The second-order valence-corrected chi connectivity index (χ2v) is 5.81. The summed E-state index contributed by atoms with van der Waals surface area (Å²) in [5.41, 5.74) is 1.50. The molecule has 1 aromatic heterocycles. The minimum absolute atomic E-state index is 0.354. The molecule has 3 rings (SSSR count). The molecule has 1 heterocycles. The molecule has 0 radical (unpaired) electrons. The van der Waals surface area contributed by atoms with Crippen molar-refractivity contribution in [1.82, 2.24) is 4.98 Å². The number of urea groups is 1. The van der Waals surface area contributed by atoms with Crippen molar-refractivity contribution in [1.29, 1.82) is 0 Å². The Morgan fingerprint density at radius 2 is 1.88 bits per heavy atom. The highest BCUT2D eigenvalue weighted by molar-refractivity contribution is 7.22. The van der Waals surface area contributed by atoms with Crippen LogP contribution in [0.1, 0.15) is 10.4 Å². The molecule has 8 heteroatoms. The maximum Gasteiger partial charge on any atom is 0.337 e. The third kappa shape index (κ3) is 3.49. The Morgan fingerprint density at radius 3 is 2.58 bits per heavy atom. The lowest BCUT2D eigenvalue weighted by Crippen LogP contribution is -2.19. The lowest BCUT2D eigenvalue weighted by molar-refractivity contribution is 0.0601. The van der Waals surface area contributed by atoms with E-state index in [-0.39, 0.29) is 5.82 Å². The highest BCUT2D eigenvalue weighted by atomic mass is 32.1. The number of hydrogen-bond acceptors (Lipinski definition) is 5. The van der Waals surface area contributed by atoms with Crippen LogP contribution in [0.25, 0.3) is 10.2 Å². The minimum Gasteiger partial charge on any atom is -0.465 e. The average molecular weight is 345 g/mol. The van der Waals surface area contributed by atoms with Gasteiger partial charge in [-0.15, -0.1) is 0 Å². The summed E-state index contributed by atoms with van der Waals surface area (Å²) in [6.07, 6.45) is 0. The van der Waals surface area contributed by atoms with Crippen LogP contribution >= 0.6 is 11.3 Å². The molecule has 6 nitrogen and oxygen atoms in total. The SMILES string of the molecule is COC(=O)c1ccc(NC(=O)Nc2nc3ccc(F)cc3s2)cc1. The zero-order valence-electron chi connectivity index (χ0n) is 12.5. The van der Waals surface area contributed by atoms with Crippen molar-refractivity contribution in [2.75, 3.05) is 17.7 Å². The van der Waals surface area contributed by atoms with Crippen LogP contribution < -0.4 is 10.6 Å². The maximum atomic E-state index is 13.2. The molecule has 0 spiro atoms. The van der Waals surface area contributed by atoms with Gasteiger partial charge in [0.15, 0.2) is 5.13 Å². The van der Waals surface area contributed by atoms with E-state index in [1.165, 1.54) is 30.6 Å². The van der Waals surface area contributed by atoms with E-state index in [1.54, 1.807) is 30.3 Å². The van der Waals surface area contributed by atoms with Gasteiger partial charge in [-0.2, -0.15) is 0 Å². The summed E-state index contributed by atoms with van der Waals surface area (Å²) in [7, 11) is 1.30. The van der Waals surface area contributed by atoms with Crippen molar-refractivity contribution in [2.45, 2.75) is 0 Å². The molecule has 0 aliphatic heterocycles. The van der Waals surface area contributed by atoms with Crippen LogP contribution in [0.15, 0.2) is 42.5 Å². The van der Waals surface area contributed by atoms with Gasteiger partial charge in [0, 0.05) is 5.69 Å². The Labute approximate surface area is 140 Å². The molecule has 0 atom stereocenters. The highest BCUT2D eigenvalue weighted by Crippen LogP contribution is 2.26. The first-order valence-electron chi connectivity index (χ1n) is 6.87. The summed E-state index contributed by atoms with van der Waals surface area (Å²) in [4.78, 5) is 27.5. The number of nitrogens with zero attached hydrogens (tertiary/aromatic N) is 1. The van der Waals surface area contributed by atoms with Crippen LogP contribution in [0.5, 0.6) is 0 Å². The van der Waals surface area contributed by atoms with Gasteiger partial charge in [-0.1, -0.05) is 11.3 Å². The topological polar surface area (TPSA) is 80.3 Å². The molecule has 0 aliphatic rings. The fraction of sp³-hybridized carbons (Fsp3) is 0.0625. The van der Waals surface area contributed by atoms with Gasteiger partial charge in [0.05, 0.1) is 22.9 Å². The third-order valence-corrected chi connectivity index (χ3v) is 4.07. The van der Waals surface area contributed by atoms with Crippen LogP contribution in [-0.4, -0.2) is 24.1 Å². The molecule has 3 aromatic rings. The average Bonchev–Trinajstić information content (AvgIpc) is 2.95. The lowest BCUT2D eigenvalue weighted by Gasteiger charge is -2.06. The van der Waals surface area contributed by atoms with Gasteiger partial charge < -0.3 is 10.1 Å². The molecule has 0 aliphatic carbocycles. The van der Waals surface area contributed by atoms with Gasteiger partial charge in [0.2, 0.25) is 0 Å². The van der Waals surface area contributed by atoms with Crippen molar-refractivity contribution in [3.05, 3.63) is 53.8 Å². The van der Waals surface area contributed by atoms with Crippen molar-refractivity contribution in [2.24, 2.45) is 0 Å². The Kier molecular flexibility index (Phi) is 4.39. The van der Waals surface area contributed by atoms with Crippen LogP contribution in [0.3, 0.4) is 0 Å². The van der Waals surface area contributed by atoms with E-state index in [0.717, 1.165) is 0 Å². The molecule has 0 saturated heterocycles. The number of hydrogen-bond donors (Lipinski definition) is 2. The van der Waals surface area contributed by atoms with E-state index >= 15 is 0 Å². The number of fused-ring (bicyclic) bond motifs is 1. The number of benzene rings is 2. The second kappa shape index (κ2) is 6.63. The maximum absolute atomic E-state index is 13.2. The number of thiazole rings is 1. The van der Waals surface area contributed by atoms with Crippen LogP contribution in [0.2, 0.25) is 0 Å². The summed E-state index contributed by atoms with van der Waals surface area (Å²) in [6, 6.07) is 10.00. The molecule has 24 heavy (non-hydrogen) atoms. The Hall–Kier alpha value is -3.00. The first-order chi connectivity index (χ1) is 11.5. The number of anilines is 2. The number of amides is 2. The number of halogens is 1. The molecule has 2 amide bonds. The van der Waals surface area contributed by atoms with Crippen LogP contribution in [0, 0.1) is 5.82 Å². The van der Waals surface area contributed by atoms with Gasteiger partial charge in [-0.05, 0) is 42.5 Å². The van der Waals surface area contributed by atoms with E-state index in [1.807, 2.05) is 0 Å². The molecular formula is C16H12FN3O3S. The monoisotopic (exact) mass is 345 g/mol. The number of rotatable bonds is 3. The van der Waals surface area contributed by atoms with Crippen LogP contribution in [0.4, 0.5) is 20.0 Å². The molecular weight excluding hydrogens is 333 g/mol. The lowest BCUT2D eigenvalue weighted by atomic mass is 10.2. The van der Waals surface area contributed by atoms with E-state index in [4.69, 9.17) is 0 Å². The molecule has 0 saturated carbocycles. The van der Waals surface area contributed by atoms with Gasteiger partial charge in [0.1, 0.15) is 5.82 Å². The van der Waals surface area contributed by atoms with Crippen molar-refractivity contribution >= 4 is 44.4 Å². The third-order valence-electron chi connectivity index (χ3n) is 3.13. The molecule has 2 N–H and O–H groups in total. The molecule has 0 bridgehead atoms.